The molecule has 2 aliphatic rings. The van der Waals surface area contributed by atoms with Gasteiger partial charge < -0.3 is 15.3 Å². The van der Waals surface area contributed by atoms with E-state index < -0.39 is 0 Å². The zero-order valence-electron chi connectivity index (χ0n) is 11.0. The Labute approximate surface area is 120 Å². The summed E-state index contributed by atoms with van der Waals surface area (Å²) in [5, 5.41) is 13.8. The molecule has 0 aromatic carbocycles. The molecule has 0 bridgehead atoms. The number of urea groups is 1. The van der Waals surface area contributed by atoms with Crippen molar-refractivity contribution in [2.24, 2.45) is 0 Å². The number of rotatable bonds is 3. The van der Waals surface area contributed by atoms with Gasteiger partial charge in [-0.2, -0.15) is 0 Å². The normalized spacial score (nSPS) is 22.4. The van der Waals surface area contributed by atoms with E-state index in [1.165, 1.54) is 16.2 Å². The van der Waals surface area contributed by atoms with Gasteiger partial charge in [-0.3, -0.25) is 9.69 Å². The second-order valence-corrected chi connectivity index (χ2v) is 5.75. The number of likely N-dealkylation sites (N-methyl/N-ethyl adjacent to an activating group) is 1. The number of hydrogen-bond donors (Lipinski definition) is 2. The lowest BCUT2D eigenvalue weighted by atomic mass is 10.0. The smallest absolute Gasteiger partial charge is 0.322 e. The summed E-state index contributed by atoms with van der Waals surface area (Å²) in [4.78, 5) is 28.5. The molecule has 0 radical (unpaired) electrons. The Morgan fingerprint density at radius 2 is 2.30 bits per heavy atom. The first-order chi connectivity index (χ1) is 9.63. The molecule has 6 nitrogen and oxygen atoms in total. The second kappa shape index (κ2) is 4.92. The highest BCUT2D eigenvalue weighted by molar-refractivity contribution is 7.10. The monoisotopic (exact) mass is 293 g/mol. The minimum Gasteiger partial charge on any atom is -0.395 e. The van der Waals surface area contributed by atoms with Gasteiger partial charge in [0.05, 0.1) is 30.5 Å². The van der Waals surface area contributed by atoms with E-state index in [1.807, 2.05) is 17.5 Å². The first kappa shape index (κ1) is 13.1. The summed E-state index contributed by atoms with van der Waals surface area (Å²) in [5.41, 5.74) is 1.34. The summed E-state index contributed by atoms with van der Waals surface area (Å²) in [7, 11) is 1.66. The number of carbonyl (C=O) groups is 2. The lowest BCUT2D eigenvalue weighted by Crippen LogP contribution is -2.45. The number of nitrogens with zero attached hydrogens (tertiary/aromatic N) is 2. The van der Waals surface area contributed by atoms with Crippen LogP contribution in [0.25, 0.3) is 0 Å². The fourth-order valence-corrected chi connectivity index (χ4v) is 3.38. The van der Waals surface area contributed by atoms with Gasteiger partial charge >= 0.3 is 6.03 Å². The predicted octanol–water partition coefficient (Wildman–Crippen LogP) is 0.533. The van der Waals surface area contributed by atoms with E-state index in [2.05, 4.69) is 5.32 Å². The van der Waals surface area contributed by atoms with Crippen molar-refractivity contribution >= 4 is 23.3 Å². The minimum absolute atomic E-state index is 0.0823. The number of thiophene rings is 1. The third kappa shape index (κ3) is 1.90. The molecule has 0 unspecified atom stereocenters. The maximum atomic E-state index is 12.5. The van der Waals surface area contributed by atoms with Crippen LogP contribution in [0.3, 0.4) is 0 Å². The molecule has 0 fully saturated rings. The van der Waals surface area contributed by atoms with Crippen LogP contribution < -0.4 is 5.32 Å². The standard InChI is InChI=1S/C13H15N3O3S/c1-15-8-7-16(4-5-17)12(18)10(8)11(14-13(15)19)9-3-2-6-20-9/h2-3,6,11,17H,4-5,7H2,1H3,(H,14,19)/t11-/m0/s1. The van der Waals surface area contributed by atoms with Crippen molar-refractivity contribution in [2.45, 2.75) is 6.04 Å². The van der Waals surface area contributed by atoms with Crippen molar-refractivity contribution in [2.75, 3.05) is 26.7 Å². The molecule has 1 aromatic rings. The van der Waals surface area contributed by atoms with Crippen LogP contribution in [0.5, 0.6) is 0 Å². The molecule has 20 heavy (non-hydrogen) atoms. The molecule has 0 saturated carbocycles. The molecule has 1 atom stereocenters. The Balaban J connectivity index is 2.01. The molecule has 2 N–H and O–H groups in total. The van der Waals surface area contributed by atoms with Crippen LogP contribution in [0.4, 0.5) is 4.79 Å². The molecule has 3 rings (SSSR count). The number of hydrogen-bond acceptors (Lipinski definition) is 4. The van der Waals surface area contributed by atoms with Crippen molar-refractivity contribution in [3.63, 3.8) is 0 Å². The van der Waals surface area contributed by atoms with Gasteiger partial charge in [0.2, 0.25) is 0 Å². The zero-order valence-corrected chi connectivity index (χ0v) is 11.8. The van der Waals surface area contributed by atoms with Gasteiger partial charge in [0.1, 0.15) is 0 Å². The van der Waals surface area contributed by atoms with E-state index in [-0.39, 0.29) is 31.1 Å². The third-order valence-corrected chi connectivity index (χ3v) is 4.57. The summed E-state index contributed by atoms with van der Waals surface area (Å²) < 4.78 is 0. The molecule has 3 heterocycles. The van der Waals surface area contributed by atoms with Crippen LogP contribution in [0.1, 0.15) is 10.9 Å². The van der Waals surface area contributed by atoms with E-state index in [0.29, 0.717) is 12.1 Å². The van der Waals surface area contributed by atoms with Crippen LogP contribution >= 0.6 is 11.3 Å². The summed E-state index contributed by atoms with van der Waals surface area (Å²) >= 11 is 1.51. The number of amides is 3. The maximum Gasteiger partial charge on any atom is 0.322 e. The number of β-amino-alcohol motifs (C(OH)–C–C–N with tert-alkyl or cyclic N) is 1. The van der Waals surface area contributed by atoms with E-state index in [1.54, 1.807) is 11.9 Å². The van der Waals surface area contributed by atoms with Crippen molar-refractivity contribution in [1.82, 2.24) is 15.1 Å². The molecule has 0 spiro atoms. The molecular weight excluding hydrogens is 278 g/mol. The van der Waals surface area contributed by atoms with Crippen LogP contribution in [-0.2, 0) is 4.79 Å². The molecule has 7 heteroatoms. The van der Waals surface area contributed by atoms with Crippen molar-refractivity contribution in [3.05, 3.63) is 33.7 Å². The molecule has 3 amide bonds. The maximum absolute atomic E-state index is 12.5. The topological polar surface area (TPSA) is 72.9 Å². The van der Waals surface area contributed by atoms with Crippen LogP contribution in [0.15, 0.2) is 28.8 Å². The lowest BCUT2D eigenvalue weighted by Gasteiger charge is -2.30. The SMILES string of the molecule is CN1C(=O)N[C@@H](c2cccs2)C2=C1CN(CCO)C2=O. The summed E-state index contributed by atoms with van der Waals surface area (Å²) in [6, 6.07) is 3.22. The Morgan fingerprint density at radius 1 is 1.50 bits per heavy atom. The van der Waals surface area contributed by atoms with Gasteiger partial charge in [-0.05, 0) is 11.4 Å². The Hall–Kier alpha value is -1.86. The molecule has 2 aliphatic heterocycles. The Kier molecular flexibility index (Phi) is 3.23. The third-order valence-electron chi connectivity index (χ3n) is 3.63. The molecule has 0 saturated heterocycles. The average Bonchev–Trinajstić information content (AvgIpc) is 3.05. The zero-order chi connectivity index (χ0) is 14.3. The highest BCUT2D eigenvalue weighted by Gasteiger charge is 2.42. The molecule has 0 aliphatic carbocycles. The fraction of sp³-hybridized carbons (Fsp3) is 0.385. The van der Waals surface area contributed by atoms with Gasteiger partial charge in [0.25, 0.3) is 5.91 Å². The summed E-state index contributed by atoms with van der Waals surface area (Å²) in [5.74, 6) is -0.112. The first-order valence-electron chi connectivity index (χ1n) is 6.34. The van der Waals surface area contributed by atoms with Gasteiger partial charge in [-0.25, -0.2) is 4.79 Å². The van der Waals surface area contributed by atoms with Crippen molar-refractivity contribution in [1.29, 1.82) is 0 Å². The number of nitrogens with one attached hydrogen (secondary N) is 1. The lowest BCUT2D eigenvalue weighted by molar-refractivity contribution is -0.126. The average molecular weight is 293 g/mol. The van der Waals surface area contributed by atoms with E-state index in [0.717, 1.165) is 10.6 Å². The van der Waals surface area contributed by atoms with Crippen LogP contribution in [0.2, 0.25) is 0 Å². The molecular formula is C13H15N3O3S. The molecule has 106 valence electrons. The van der Waals surface area contributed by atoms with Gasteiger partial charge in [-0.15, -0.1) is 11.3 Å². The van der Waals surface area contributed by atoms with Crippen molar-refractivity contribution < 1.29 is 14.7 Å². The van der Waals surface area contributed by atoms with Crippen molar-refractivity contribution in [3.8, 4) is 0 Å². The summed E-state index contributed by atoms with van der Waals surface area (Å²) in [6.07, 6.45) is 0. The van der Waals surface area contributed by atoms with Crippen LogP contribution in [0, 0.1) is 0 Å². The Morgan fingerprint density at radius 3 is 2.95 bits per heavy atom. The van der Waals surface area contributed by atoms with E-state index in [4.69, 9.17) is 5.11 Å². The Bertz CT molecular complexity index is 582. The molecule has 1 aromatic heterocycles. The quantitative estimate of drug-likeness (QED) is 0.854. The highest BCUT2D eigenvalue weighted by atomic mass is 32.1. The van der Waals surface area contributed by atoms with Gasteiger partial charge in [0, 0.05) is 18.5 Å². The van der Waals surface area contributed by atoms with E-state index >= 15 is 0 Å². The van der Waals surface area contributed by atoms with Gasteiger partial charge in [-0.1, -0.05) is 6.07 Å². The fourth-order valence-electron chi connectivity index (χ4n) is 2.59. The summed E-state index contributed by atoms with van der Waals surface area (Å²) in [6.45, 7) is 0.576. The van der Waals surface area contributed by atoms with E-state index in [9.17, 15) is 9.59 Å². The first-order valence-corrected chi connectivity index (χ1v) is 7.22. The predicted molar refractivity (Wildman–Crippen MR) is 74.0 cm³/mol. The second-order valence-electron chi connectivity index (χ2n) is 4.77. The van der Waals surface area contributed by atoms with Crippen LogP contribution in [-0.4, -0.2) is 53.6 Å². The highest BCUT2D eigenvalue weighted by Crippen LogP contribution is 2.36. The number of aliphatic hydroxyl groups is 1. The van der Waals surface area contributed by atoms with Gasteiger partial charge in [0.15, 0.2) is 0 Å². The minimum atomic E-state index is -0.384. The largest absolute Gasteiger partial charge is 0.395 e. The number of aliphatic hydroxyl groups excluding tert-OH is 1. The number of carbonyl (C=O) groups excluding carboxylic acids is 2.